The summed E-state index contributed by atoms with van der Waals surface area (Å²) in [7, 11) is 3.35. The minimum absolute atomic E-state index is 0.0492. The molecule has 3 amide bonds. The second-order valence-corrected chi connectivity index (χ2v) is 9.69. The lowest BCUT2D eigenvalue weighted by atomic mass is 9.95. The maximum Gasteiger partial charge on any atom is 0.246 e. The number of amides is 3. The van der Waals surface area contributed by atoms with Crippen LogP contribution in [-0.4, -0.2) is 72.3 Å². The van der Waals surface area contributed by atoms with Crippen molar-refractivity contribution < 1.29 is 14.4 Å². The maximum absolute atomic E-state index is 13.5. The maximum atomic E-state index is 13.5. The largest absolute Gasteiger partial charge is 0.355 e. The molecule has 0 aromatic heterocycles. The van der Waals surface area contributed by atoms with Gasteiger partial charge in [-0.3, -0.25) is 19.3 Å². The number of hydrogen-bond donors (Lipinski definition) is 2. The van der Waals surface area contributed by atoms with E-state index >= 15 is 0 Å². The van der Waals surface area contributed by atoms with Gasteiger partial charge in [-0.05, 0) is 52.0 Å². The third kappa shape index (κ3) is 7.34. The second-order valence-electron chi connectivity index (χ2n) is 9.69. The second kappa shape index (κ2) is 12.2. The molecule has 31 heavy (non-hydrogen) atoms. The van der Waals surface area contributed by atoms with Crippen LogP contribution in [-0.2, 0) is 14.4 Å². The first-order valence-electron chi connectivity index (χ1n) is 11.7. The Labute approximate surface area is 189 Å². The van der Waals surface area contributed by atoms with Crippen molar-refractivity contribution in [1.82, 2.24) is 20.4 Å². The predicted octanol–water partition coefficient (Wildman–Crippen LogP) is 2.57. The van der Waals surface area contributed by atoms with Crippen LogP contribution in [0.25, 0.3) is 0 Å². The zero-order valence-corrected chi connectivity index (χ0v) is 21.0. The smallest absolute Gasteiger partial charge is 0.246 e. The molecule has 0 aromatic rings. The molecule has 0 saturated carbocycles. The molecule has 3 atom stereocenters. The lowest BCUT2D eigenvalue weighted by Gasteiger charge is -2.39. The van der Waals surface area contributed by atoms with Crippen molar-refractivity contribution in [3.8, 4) is 0 Å². The molecule has 0 radical (unpaired) electrons. The molecule has 178 valence electrons. The summed E-state index contributed by atoms with van der Waals surface area (Å²) in [5.41, 5.74) is 0.570. The Balaban J connectivity index is 3.05. The van der Waals surface area contributed by atoms with Gasteiger partial charge < -0.3 is 15.5 Å². The van der Waals surface area contributed by atoms with Gasteiger partial charge in [0.15, 0.2) is 0 Å². The molecule has 1 saturated heterocycles. The van der Waals surface area contributed by atoms with Crippen LogP contribution in [0.15, 0.2) is 11.6 Å². The number of hydrogen-bond acceptors (Lipinski definition) is 4. The molecule has 1 aliphatic rings. The van der Waals surface area contributed by atoms with Crippen LogP contribution in [0.2, 0.25) is 0 Å². The predicted molar refractivity (Wildman–Crippen MR) is 125 cm³/mol. The molecule has 2 N–H and O–H groups in total. The van der Waals surface area contributed by atoms with E-state index in [4.69, 9.17) is 0 Å². The number of likely N-dealkylation sites (tertiary alicyclic amines) is 1. The van der Waals surface area contributed by atoms with E-state index in [0.29, 0.717) is 5.57 Å². The zero-order valence-electron chi connectivity index (χ0n) is 21.0. The summed E-state index contributed by atoms with van der Waals surface area (Å²) < 4.78 is 0. The van der Waals surface area contributed by atoms with Crippen LogP contribution in [0.4, 0.5) is 0 Å². The Kier molecular flexibility index (Phi) is 10.7. The van der Waals surface area contributed by atoms with Crippen molar-refractivity contribution in [3.63, 3.8) is 0 Å². The summed E-state index contributed by atoms with van der Waals surface area (Å²) in [5.74, 6) is -0.285. The fraction of sp³-hybridized carbons (Fsp3) is 0.792. The van der Waals surface area contributed by atoms with Crippen molar-refractivity contribution in [1.29, 1.82) is 0 Å². The monoisotopic (exact) mass is 436 g/mol. The molecule has 7 heteroatoms. The number of nitrogens with zero attached hydrogens (tertiary/aromatic N) is 2. The first-order chi connectivity index (χ1) is 14.4. The Morgan fingerprint density at radius 3 is 2.13 bits per heavy atom. The van der Waals surface area contributed by atoms with Crippen molar-refractivity contribution in [2.24, 2.45) is 11.8 Å². The van der Waals surface area contributed by atoms with Gasteiger partial charge in [0.05, 0.1) is 12.1 Å². The van der Waals surface area contributed by atoms with Gasteiger partial charge in [0, 0.05) is 25.7 Å². The highest BCUT2D eigenvalue weighted by molar-refractivity contribution is 5.93. The van der Waals surface area contributed by atoms with Crippen molar-refractivity contribution in [2.75, 3.05) is 20.6 Å². The molecule has 1 rings (SSSR count). The Morgan fingerprint density at radius 2 is 1.65 bits per heavy atom. The topological polar surface area (TPSA) is 81.8 Å². The minimum Gasteiger partial charge on any atom is -0.355 e. The molecule has 1 unspecified atom stereocenters. The summed E-state index contributed by atoms with van der Waals surface area (Å²) in [5, 5.41) is 5.68. The van der Waals surface area contributed by atoms with Crippen molar-refractivity contribution >= 4 is 17.7 Å². The highest BCUT2D eigenvalue weighted by atomic mass is 16.2. The van der Waals surface area contributed by atoms with Gasteiger partial charge >= 0.3 is 0 Å². The fourth-order valence-corrected chi connectivity index (χ4v) is 4.26. The highest BCUT2D eigenvalue weighted by Gasteiger charge is 2.35. The molecular weight excluding hydrogens is 392 g/mol. The lowest BCUT2D eigenvalue weighted by Crippen LogP contribution is -2.58. The van der Waals surface area contributed by atoms with Crippen LogP contribution in [0.5, 0.6) is 0 Å². The number of likely N-dealkylation sites (N-methyl/N-ethyl adjacent to an activating group) is 2. The number of carbonyl (C=O) groups excluding carboxylic acids is 3. The van der Waals surface area contributed by atoms with Gasteiger partial charge in [-0.1, -0.05) is 40.2 Å². The summed E-state index contributed by atoms with van der Waals surface area (Å²) in [6.07, 6.45) is 4.79. The highest BCUT2D eigenvalue weighted by Crippen LogP contribution is 2.21. The molecule has 0 spiro atoms. The van der Waals surface area contributed by atoms with Crippen molar-refractivity contribution in [3.05, 3.63) is 11.6 Å². The quantitative estimate of drug-likeness (QED) is 0.544. The Bertz CT molecular complexity index is 657. The van der Waals surface area contributed by atoms with Crippen LogP contribution >= 0.6 is 0 Å². The van der Waals surface area contributed by atoms with Gasteiger partial charge in [-0.15, -0.1) is 0 Å². The SMILES string of the molecule is CNC(=O)/C(C)=C/[C@H](C(C)C)N(C)C(=O)[C@@H](NC(=O)C1CCCCN1C(C)C)C(C)C. The van der Waals surface area contributed by atoms with Crippen molar-refractivity contribution in [2.45, 2.75) is 91.9 Å². The first-order valence-corrected chi connectivity index (χ1v) is 11.7. The normalized spacial score (nSPS) is 20.0. The Hall–Kier alpha value is -1.89. The minimum atomic E-state index is -0.608. The summed E-state index contributed by atoms with van der Waals surface area (Å²) in [4.78, 5) is 42.5. The molecule has 0 bridgehead atoms. The molecule has 1 fully saturated rings. The summed E-state index contributed by atoms with van der Waals surface area (Å²) in [6, 6.07) is -0.757. The number of rotatable bonds is 9. The lowest BCUT2D eigenvalue weighted by molar-refractivity contribution is -0.140. The van der Waals surface area contributed by atoms with E-state index in [2.05, 4.69) is 29.4 Å². The van der Waals surface area contributed by atoms with Gasteiger partial charge in [0.2, 0.25) is 17.7 Å². The summed E-state index contributed by atoms with van der Waals surface area (Å²) in [6.45, 7) is 14.8. The molecule has 7 nitrogen and oxygen atoms in total. The standard InChI is InChI=1S/C24H44N4O3/c1-15(2)20(14-18(7)22(29)25-8)27(9)24(31)21(16(3)4)26-23(30)19-12-10-11-13-28(19)17(5)6/h14-17,19-21H,10-13H2,1-9H3,(H,25,29)(H,26,30)/b18-14+/t19?,20-,21+/m1/s1. The third-order valence-electron chi connectivity index (χ3n) is 6.22. The van der Waals surface area contributed by atoms with Crippen LogP contribution in [0.3, 0.4) is 0 Å². The van der Waals surface area contributed by atoms with Crippen LogP contribution < -0.4 is 10.6 Å². The van der Waals surface area contributed by atoms with Gasteiger partial charge in [0.1, 0.15) is 6.04 Å². The van der Waals surface area contributed by atoms with Gasteiger partial charge in [-0.2, -0.15) is 0 Å². The average Bonchev–Trinajstić information content (AvgIpc) is 2.73. The average molecular weight is 437 g/mol. The fourth-order valence-electron chi connectivity index (χ4n) is 4.26. The van der Waals surface area contributed by atoms with E-state index in [1.807, 2.05) is 33.8 Å². The first kappa shape index (κ1) is 27.1. The van der Waals surface area contributed by atoms with Crippen LogP contribution in [0, 0.1) is 11.8 Å². The van der Waals surface area contributed by atoms with Gasteiger partial charge in [0.25, 0.3) is 0 Å². The molecule has 1 heterocycles. The zero-order chi connectivity index (χ0) is 23.9. The van der Waals surface area contributed by atoms with E-state index in [1.165, 1.54) is 0 Å². The number of piperidine rings is 1. The molecule has 0 aromatic carbocycles. The summed E-state index contributed by atoms with van der Waals surface area (Å²) >= 11 is 0. The Morgan fingerprint density at radius 1 is 1.03 bits per heavy atom. The van der Waals surface area contributed by atoms with E-state index in [9.17, 15) is 14.4 Å². The van der Waals surface area contributed by atoms with Gasteiger partial charge in [-0.25, -0.2) is 0 Å². The number of nitrogens with one attached hydrogen (secondary N) is 2. The van der Waals surface area contributed by atoms with E-state index in [1.54, 1.807) is 25.9 Å². The third-order valence-corrected chi connectivity index (χ3v) is 6.22. The van der Waals surface area contributed by atoms with Crippen LogP contribution in [0.1, 0.15) is 67.7 Å². The number of carbonyl (C=O) groups is 3. The molecule has 0 aliphatic carbocycles. The molecular formula is C24H44N4O3. The van der Waals surface area contributed by atoms with E-state index in [0.717, 1.165) is 25.8 Å². The molecule has 1 aliphatic heterocycles. The van der Waals surface area contributed by atoms with E-state index < -0.39 is 6.04 Å². The van der Waals surface area contributed by atoms with E-state index in [-0.39, 0.29) is 47.7 Å².